The van der Waals surface area contributed by atoms with E-state index in [4.69, 9.17) is 6.78 Å². The maximum absolute atomic E-state index is 10.9. The zero-order chi connectivity index (χ0) is 21.0. The monoisotopic (exact) mass is 555 g/mol. The van der Waals surface area contributed by atoms with Gasteiger partial charge in [0.1, 0.15) is 0 Å². The molecule has 0 aliphatic heterocycles. The normalized spacial score (nSPS) is 11.9. The van der Waals surface area contributed by atoms with Crippen molar-refractivity contribution in [3.63, 3.8) is 0 Å². The van der Waals surface area contributed by atoms with Gasteiger partial charge < -0.3 is 0 Å². The molecule has 0 aliphatic rings. The molecule has 0 aromatic heterocycles. The Hall–Kier alpha value is -1.31. The molecule has 4 heteroatoms. The summed E-state index contributed by atoms with van der Waals surface area (Å²) in [7, 11) is 0. The van der Waals surface area contributed by atoms with Crippen molar-refractivity contribution in [2.24, 2.45) is 0 Å². The van der Waals surface area contributed by atoms with Crippen molar-refractivity contribution >= 4 is 0 Å². The maximum atomic E-state index is 10.9. The number of para-hydroxylation sites is 2. The number of hydrogen-bond donors (Lipinski definition) is 1. The van der Waals surface area contributed by atoms with Crippen LogP contribution in [0.25, 0.3) is 0 Å². The van der Waals surface area contributed by atoms with Gasteiger partial charge >= 0.3 is 178 Å². The molecule has 3 nitrogen and oxygen atoms in total. The van der Waals surface area contributed by atoms with Crippen molar-refractivity contribution in [3.8, 4) is 11.5 Å². The summed E-state index contributed by atoms with van der Waals surface area (Å²) in [6.45, 7) is 17.2. The van der Waals surface area contributed by atoms with Gasteiger partial charge in [0, 0.05) is 0 Å². The Bertz CT molecular complexity index is 663. The van der Waals surface area contributed by atoms with Gasteiger partial charge in [-0.3, -0.25) is 0 Å². The van der Waals surface area contributed by atoms with E-state index in [0.717, 1.165) is 33.8 Å². The summed E-state index contributed by atoms with van der Waals surface area (Å²) < 4.78 is 23.3. The predicted molar refractivity (Wildman–Crippen MR) is 113 cm³/mol. The minimum absolute atomic E-state index is 0.318. The Balaban J connectivity index is 2.40. The summed E-state index contributed by atoms with van der Waals surface area (Å²) in [6.07, 6.45) is 0. The molecule has 2 rings (SSSR count). The van der Waals surface area contributed by atoms with Gasteiger partial charge in [-0.2, -0.15) is 0 Å². The van der Waals surface area contributed by atoms with Crippen LogP contribution in [0.1, 0.15) is 101 Å². The summed E-state index contributed by atoms with van der Waals surface area (Å²) in [5, 5.41) is 0. The molecule has 28 heavy (non-hydrogen) atoms. The predicted octanol–water partition coefficient (Wildman–Crippen LogP) is 6.99. The molecule has 0 atom stereocenters. The van der Waals surface area contributed by atoms with Crippen molar-refractivity contribution in [2.75, 3.05) is 0 Å². The molecule has 0 amide bonds. The van der Waals surface area contributed by atoms with Crippen molar-refractivity contribution in [2.45, 2.75) is 79.1 Å². The Kier molecular flexibility index (Phi) is 8.16. The molecule has 0 heterocycles. The zero-order valence-electron chi connectivity index (χ0n) is 18.4. The van der Waals surface area contributed by atoms with E-state index >= 15 is 0 Å². The summed E-state index contributed by atoms with van der Waals surface area (Å²) >= 11 is -3.56. The first kappa shape index (κ1) is 23.0. The van der Waals surface area contributed by atoms with Crippen molar-refractivity contribution in [3.05, 3.63) is 58.7 Å². The first-order valence-corrected chi connectivity index (χ1v) is 13.9. The van der Waals surface area contributed by atoms with Crippen LogP contribution in [-0.4, -0.2) is 3.76 Å². The van der Waals surface area contributed by atoms with Crippen LogP contribution in [-0.2, 0) is 18.5 Å². The molecule has 0 spiro atoms. The van der Waals surface area contributed by atoms with Gasteiger partial charge in [0.15, 0.2) is 0 Å². The number of hydrogen-bond acceptors (Lipinski definition) is 3. The van der Waals surface area contributed by atoms with E-state index in [0.29, 0.717) is 23.7 Å². The third-order valence-corrected chi connectivity index (χ3v) is 7.17. The summed E-state index contributed by atoms with van der Waals surface area (Å²) in [5.41, 5.74) is 4.51. The topological polar surface area (TPSA) is 38.7 Å². The van der Waals surface area contributed by atoms with Crippen LogP contribution in [0.15, 0.2) is 36.4 Å². The molecule has 0 aliphatic carbocycles. The molecule has 0 bridgehead atoms. The fourth-order valence-corrected chi connectivity index (χ4v) is 5.85. The van der Waals surface area contributed by atoms with Gasteiger partial charge in [-0.1, -0.05) is 0 Å². The number of benzene rings is 2. The Morgan fingerprint density at radius 2 is 0.821 bits per heavy atom. The summed E-state index contributed by atoms with van der Waals surface area (Å²) in [5.74, 6) is 2.91. The Labute approximate surface area is 178 Å². The van der Waals surface area contributed by atoms with E-state index in [2.05, 4.69) is 91.8 Å². The van der Waals surface area contributed by atoms with Gasteiger partial charge in [-0.05, 0) is 0 Å². The SMILES string of the molecule is CC(C)c1cccc(C(C)C)c1[O][W]([OH])[O]c1c(C(C)C)cccc1C(C)C. The Morgan fingerprint density at radius 3 is 1.04 bits per heavy atom. The van der Waals surface area contributed by atoms with Crippen LogP contribution >= 0.6 is 0 Å². The van der Waals surface area contributed by atoms with Crippen molar-refractivity contribution < 1.29 is 29.0 Å². The molecular formula is C24H35O3W. The van der Waals surface area contributed by atoms with Crippen LogP contribution in [0.2, 0.25) is 0 Å². The van der Waals surface area contributed by atoms with E-state index in [1.165, 1.54) is 0 Å². The quantitative estimate of drug-likeness (QED) is 0.382. The van der Waals surface area contributed by atoms with Gasteiger partial charge in [0.25, 0.3) is 0 Å². The van der Waals surface area contributed by atoms with Crippen LogP contribution < -0.4 is 6.78 Å². The molecule has 2 aromatic rings. The molecular weight excluding hydrogens is 520 g/mol. The minimum atomic E-state index is -3.56. The molecule has 0 saturated heterocycles. The van der Waals surface area contributed by atoms with Crippen molar-refractivity contribution in [1.82, 2.24) is 0 Å². The molecule has 1 N–H and O–H groups in total. The third kappa shape index (κ3) is 5.39. The van der Waals surface area contributed by atoms with Gasteiger partial charge in [-0.25, -0.2) is 0 Å². The van der Waals surface area contributed by atoms with Gasteiger partial charge in [-0.15, -0.1) is 0 Å². The second kappa shape index (κ2) is 9.94. The second-order valence-electron chi connectivity index (χ2n) is 8.53. The first-order chi connectivity index (χ1) is 13.1. The average Bonchev–Trinajstić information content (AvgIpc) is 2.61. The van der Waals surface area contributed by atoms with Crippen LogP contribution in [0.3, 0.4) is 0 Å². The van der Waals surface area contributed by atoms with Gasteiger partial charge in [0.05, 0.1) is 0 Å². The first-order valence-electron chi connectivity index (χ1n) is 10.2. The van der Waals surface area contributed by atoms with E-state index in [1.807, 2.05) is 0 Å². The van der Waals surface area contributed by atoms with Crippen LogP contribution in [0.5, 0.6) is 11.5 Å². The van der Waals surface area contributed by atoms with Crippen molar-refractivity contribution in [1.29, 1.82) is 0 Å². The fourth-order valence-electron chi connectivity index (χ4n) is 3.32. The van der Waals surface area contributed by atoms with Crippen LogP contribution in [0, 0.1) is 0 Å². The molecule has 155 valence electrons. The molecule has 2 aromatic carbocycles. The van der Waals surface area contributed by atoms with Gasteiger partial charge in [0.2, 0.25) is 0 Å². The Morgan fingerprint density at radius 1 is 0.571 bits per heavy atom. The molecule has 0 radical (unpaired) electrons. The zero-order valence-corrected chi connectivity index (χ0v) is 21.4. The van der Waals surface area contributed by atoms with E-state index in [1.54, 1.807) is 0 Å². The standard InChI is InChI=1S/2C12H18O.H2O.W/c2*1-8(2)10-6-5-7-11(9(3)4)12(10)13;;/h2*5-9,13H,1-4H3;1H2;/q;;;+3/p-3. The third-order valence-electron chi connectivity index (χ3n) is 4.95. The molecule has 0 fully saturated rings. The summed E-state index contributed by atoms with van der Waals surface area (Å²) in [6, 6.07) is 12.5. The van der Waals surface area contributed by atoms with E-state index < -0.39 is 18.5 Å². The molecule has 0 unspecified atom stereocenters. The second-order valence-corrected chi connectivity index (χ2v) is 11.3. The average molecular weight is 555 g/mol. The van der Waals surface area contributed by atoms with E-state index in [9.17, 15) is 3.76 Å². The summed E-state index contributed by atoms with van der Waals surface area (Å²) in [4.78, 5) is 0. The molecule has 0 saturated carbocycles. The fraction of sp³-hybridized carbons (Fsp3) is 0.500. The van der Waals surface area contributed by atoms with Crippen LogP contribution in [0.4, 0.5) is 0 Å². The number of rotatable bonds is 8. The van der Waals surface area contributed by atoms with E-state index in [-0.39, 0.29) is 0 Å².